The summed E-state index contributed by atoms with van der Waals surface area (Å²) >= 11 is 0. The van der Waals surface area contributed by atoms with Crippen LogP contribution in [-0.2, 0) is 0 Å². The van der Waals surface area contributed by atoms with Gasteiger partial charge in [0, 0.05) is 28.8 Å². The van der Waals surface area contributed by atoms with E-state index in [0.717, 1.165) is 5.92 Å². The van der Waals surface area contributed by atoms with Crippen LogP contribution in [0.1, 0.15) is 32.6 Å². The highest BCUT2D eigenvalue weighted by atomic mass is 14.9. The molecule has 0 aliphatic heterocycles. The summed E-state index contributed by atoms with van der Waals surface area (Å²) in [6.45, 7) is 2.36. The Hall–Kier alpha value is -1.44. The number of hydrogen-bond donors (Lipinski definition) is 2. The second kappa shape index (κ2) is 4.44. The second-order valence-electron chi connectivity index (χ2n) is 5.38. The van der Waals surface area contributed by atoms with E-state index in [-0.39, 0.29) is 0 Å². The van der Waals surface area contributed by atoms with Gasteiger partial charge in [0.15, 0.2) is 0 Å². The zero-order valence-corrected chi connectivity index (χ0v) is 10.4. The summed E-state index contributed by atoms with van der Waals surface area (Å²) in [5, 5.41) is 4.96. The first-order valence-electron chi connectivity index (χ1n) is 6.65. The predicted octanol–water partition coefficient (Wildman–Crippen LogP) is 4.16. The number of aromatic amines is 1. The molecule has 0 saturated heterocycles. The van der Waals surface area contributed by atoms with Crippen LogP contribution in [0.4, 0.5) is 5.69 Å². The summed E-state index contributed by atoms with van der Waals surface area (Å²) in [5.41, 5.74) is 2.48. The lowest BCUT2D eigenvalue weighted by Gasteiger charge is -2.27. The predicted molar refractivity (Wildman–Crippen MR) is 73.3 cm³/mol. The lowest BCUT2D eigenvalue weighted by atomic mass is 9.87. The largest absolute Gasteiger partial charge is 0.382 e. The van der Waals surface area contributed by atoms with Gasteiger partial charge in [0.1, 0.15) is 0 Å². The fourth-order valence-electron chi connectivity index (χ4n) is 2.78. The fourth-order valence-corrected chi connectivity index (χ4v) is 2.78. The van der Waals surface area contributed by atoms with E-state index in [1.165, 1.54) is 42.3 Å². The van der Waals surface area contributed by atoms with Crippen LogP contribution >= 0.6 is 0 Å². The Bertz CT molecular complexity index is 492. The van der Waals surface area contributed by atoms with E-state index in [9.17, 15) is 0 Å². The summed E-state index contributed by atoms with van der Waals surface area (Å²) in [7, 11) is 0. The van der Waals surface area contributed by atoms with E-state index in [1.807, 2.05) is 6.20 Å². The van der Waals surface area contributed by atoms with Crippen molar-refractivity contribution in [2.75, 3.05) is 5.32 Å². The maximum Gasteiger partial charge on any atom is 0.0455 e. The van der Waals surface area contributed by atoms with Crippen LogP contribution in [0.3, 0.4) is 0 Å². The quantitative estimate of drug-likeness (QED) is 0.793. The first kappa shape index (κ1) is 10.7. The van der Waals surface area contributed by atoms with Gasteiger partial charge in [-0.25, -0.2) is 0 Å². The van der Waals surface area contributed by atoms with Crippen molar-refractivity contribution in [2.24, 2.45) is 5.92 Å². The molecule has 0 atom stereocenters. The molecule has 90 valence electrons. The number of fused-ring (bicyclic) bond motifs is 1. The number of H-pyrrole nitrogens is 1. The molecular formula is C15H20N2. The molecule has 0 spiro atoms. The lowest BCUT2D eigenvalue weighted by molar-refractivity contribution is 0.361. The average Bonchev–Trinajstić information content (AvgIpc) is 2.79. The molecule has 2 N–H and O–H groups in total. The zero-order valence-electron chi connectivity index (χ0n) is 10.4. The molecule has 0 radical (unpaired) electrons. The average molecular weight is 228 g/mol. The van der Waals surface area contributed by atoms with Gasteiger partial charge >= 0.3 is 0 Å². The Morgan fingerprint density at radius 2 is 1.94 bits per heavy atom. The van der Waals surface area contributed by atoms with Crippen LogP contribution in [0.15, 0.2) is 30.5 Å². The normalized spacial score (nSPS) is 25.0. The summed E-state index contributed by atoms with van der Waals surface area (Å²) in [6, 6.07) is 9.37. The van der Waals surface area contributed by atoms with Crippen LogP contribution in [0, 0.1) is 5.92 Å². The molecule has 17 heavy (non-hydrogen) atoms. The number of rotatable bonds is 2. The molecule has 1 aliphatic carbocycles. The van der Waals surface area contributed by atoms with Crippen molar-refractivity contribution < 1.29 is 0 Å². The van der Waals surface area contributed by atoms with Gasteiger partial charge < -0.3 is 10.3 Å². The van der Waals surface area contributed by atoms with E-state index in [4.69, 9.17) is 0 Å². The van der Waals surface area contributed by atoms with Gasteiger partial charge in [-0.15, -0.1) is 0 Å². The third-order valence-corrected chi connectivity index (χ3v) is 3.94. The molecule has 0 unspecified atom stereocenters. The molecule has 1 aromatic carbocycles. The number of benzene rings is 1. The second-order valence-corrected chi connectivity index (χ2v) is 5.38. The molecule has 2 nitrogen and oxygen atoms in total. The lowest BCUT2D eigenvalue weighted by Crippen LogP contribution is -2.25. The molecule has 1 aromatic heterocycles. The van der Waals surface area contributed by atoms with Crippen molar-refractivity contribution in [3.05, 3.63) is 30.5 Å². The highest BCUT2D eigenvalue weighted by molar-refractivity contribution is 5.83. The number of aromatic nitrogens is 1. The third kappa shape index (κ3) is 2.31. The molecule has 1 saturated carbocycles. The van der Waals surface area contributed by atoms with Crippen molar-refractivity contribution in [1.29, 1.82) is 0 Å². The maximum atomic E-state index is 3.67. The van der Waals surface area contributed by atoms with Gasteiger partial charge in [0.25, 0.3) is 0 Å². The van der Waals surface area contributed by atoms with Crippen molar-refractivity contribution in [1.82, 2.24) is 4.98 Å². The Morgan fingerprint density at radius 3 is 2.76 bits per heavy atom. The van der Waals surface area contributed by atoms with Crippen LogP contribution in [0.25, 0.3) is 10.9 Å². The summed E-state index contributed by atoms with van der Waals surface area (Å²) in [5.74, 6) is 0.917. The van der Waals surface area contributed by atoms with Gasteiger partial charge in [-0.05, 0) is 55.9 Å². The third-order valence-electron chi connectivity index (χ3n) is 3.94. The zero-order chi connectivity index (χ0) is 11.7. The van der Waals surface area contributed by atoms with Crippen molar-refractivity contribution in [3.63, 3.8) is 0 Å². The van der Waals surface area contributed by atoms with Gasteiger partial charge in [0.05, 0.1) is 0 Å². The topological polar surface area (TPSA) is 27.8 Å². The molecular weight excluding hydrogens is 208 g/mol. The fraction of sp³-hybridized carbons (Fsp3) is 0.467. The first-order valence-corrected chi connectivity index (χ1v) is 6.65. The highest BCUT2D eigenvalue weighted by Crippen LogP contribution is 2.27. The van der Waals surface area contributed by atoms with Gasteiger partial charge in [-0.2, -0.15) is 0 Å². The highest BCUT2D eigenvalue weighted by Gasteiger charge is 2.17. The Morgan fingerprint density at radius 1 is 1.12 bits per heavy atom. The minimum absolute atomic E-state index is 0.669. The van der Waals surface area contributed by atoms with Gasteiger partial charge in [-0.3, -0.25) is 0 Å². The number of nitrogens with one attached hydrogen (secondary N) is 2. The molecule has 1 heterocycles. The van der Waals surface area contributed by atoms with Crippen LogP contribution in [0.5, 0.6) is 0 Å². The molecule has 1 fully saturated rings. The maximum absolute atomic E-state index is 3.67. The van der Waals surface area contributed by atoms with E-state index in [0.29, 0.717) is 6.04 Å². The monoisotopic (exact) mass is 228 g/mol. The summed E-state index contributed by atoms with van der Waals surface area (Å²) in [6.07, 6.45) is 7.35. The minimum atomic E-state index is 0.669. The summed E-state index contributed by atoms with van der Waals surface area (Å²) < 4.78 is 0. The van der Waals surface area contributed by atoms with Crippen molar-refractivity contribution >= 4 is 16.6 Å². The minimum Gasteiger partial charge on any atom is -0.382 e. The standard InChI is InChI=1S/C15H20N2/c1-11-2-4-13(5-3-11)17-14-6-7-15-12(10-14)8-9-16-15/h6-11,13,16-17H,2-5H2,1H3. The molecule has 0 amide bonds. The molecule has 3 rings (SSSR count). The van der Waals surface area contributed by atoms with Crippen LogP contribution in [0.2, 0.25) is 0 Å². The van der Waals surface area contributed by atoms with E-state index in [1.54, 1.807) is 0 Å². The van der Waals surface area contributed by atoms with E-state index < -0.39 is 0 Å². The first-order chi connectivity index (χ1) is 8.31. The Kier molecular flexibility index (Phi) is 2.79. The molecule has 1 aliphatic rings. The van der Waals surface area contributed by atoms with Crippen LogP contribution < -0.4 is 5.32 Å². The smallest absolute Gasteiger partial charge is 0.0455 e. The van der Waals surface area contributed by atoms with E-state index >= 15 is 0 Å². The molecule has 2 aromatic rings. The molecule has 0 bridgehead atoms. The Labute approximate surface area is 102 Å². The Balaban J connectivity index is 1.71. The van der Waals surface area contributed by atoms with Crippen molar-refractivity contribution in [3.8, 4) is 0 Å². The van der Waals surface area contributed by atoms with Gasteiger partial charge in [-0.1, -0.05) is 6.92 Å². The van der Waals surface area contributed by atoms with Crippen molar-refractivity contribution in [2.45, 2.75) is 38.6 Å². The van der Waals surface area contributed by atoms with E-state index in [2.05, 4.69) is 41.5 Å². The number of hydrogen-bond acceptors (Lipinski definition) is 1. The SMILES string of the molecule is CC1CCC(Nc2ccc3[nH]ccc3c2)CC1. The number of anilines is 1. The van der Waals surface area contributed by atoms with Gasteiger partial charge in [0.2, 0.25) is 0 Å². The van der Waals surface area contributed by atoms with Crippen LogP contribution in [-0.4, -0.2) is 11.0 Å². The summed E-state index contributed by atoms with van der Waals surface area (Å²) in [4.78, 5) is 3.23. The molecule has 2 heteroatoms.